The molecule has 0 saturated heterocycles. The van der Waals surface area contributed by atoms with Gasteiger partial charge in [0.15, 0.2) is 5.69 Å². The number of benzene rings is 2. The van der Waals surface area contributed by atoms with E-state index in [0.717, 1.165) is 28.3 Å². The first kappa shape index (κ1) is 20.0. The summed E-state index contributed by atoms with van der Waals surface area (Å²) >= 11 is 0. The summed E-state index contributed by atoms with van der Waals surface area (Å²) in [6, 6.07) is 6.24. The summed E-state index contributed by atoms with van der Waals surface area (Å²) in [6.07, 6.45) is 0. The van der Waals surface area contributed by atoms with Crippen molar-refractivity contribution in [3.05, 3.63) is 68.5 Å². The SMILES string of the molecule is Cc1ccc(N=Nc2c(C)[nH][n+](-c3c(C)c(C)c(C)c(C)c3C)c2C)c(C)c1. The maximum atomic E-state index is 4.61. The molecule has 0 aliphatic carbocycles. The fourth-order valence-electron chi connectivity index (χ4n) is 3.89. The van der Waals surface area contributed by atoms with Crippen molar-refractivity contribution < 1.29 is 4.68 Å². The molecule has 0 aliphatic heterocycles. The van der Waals surface area contributed by atoms with Crippen LogP contribution >= 0.6 is 0 Å². The molecule has 4 heteroatoms. The lowest BCUT2D eigenvalue weighted by atomic mass is 9.93. The Labute approximate surface area is 168 Å². The Morgan fingerprint density at radius 3 is 1.86 bits per heavy atom. The van der Waals surface area contributed by atoms with Crippen molar-refractivity contribution in [3.63, 3.8) is 0 Å². The molecule has 1 N–H and O–H groups in total. The maximum absolute atomic E-state index is 4.61. The van der Waals surface area contributed by atoms with Gasteiger partial charge < -0.3 is 0 Å². The first-order chi connectivity index (χ1) is 13.1. The molecule has 0 bridgehead atoms. The number of H-pyrrole nitrogens is 1. The normalized spacial score (nSPS) is 11.6. The van der Waals surface area contributed by atoms with E-state index in [1.54, 1.807) is 0 Å². The Kier molecular flexibility index (Phi) is 5.24. The minimum atomic E-state index is 0.898. The Bertz CT molecular complexity index is 1070. The number of hydrogen-bond acceptors (Lipinski definition) is 2. The summed E-state index contributed by atoms with van der Waals surface area (Å²) in [5.74, 6) is 0. The van der Waals surface area contributed by atoms with E-state index in [9.17, 15) is 0 Å². The van der Waals surface area contributed by atoms with Crippen LogP contribution in [0.15, 0.2) is 28.4 Å². The Hall–Kier alpha value is -2.75. The van der Waals surface area contributed by atoms with E-state index in [1.165, 1.54) is 39.1 Å². The van der Waals surface area contributed by atoms with Crippen LogP contribution in [0.4, 0.5) is 11.4 Å². The highest BCUT2D eigenvalue weighted by Gasteiger charge is 2.27. The van der Waals surface area contributed by atoms with Crippen molar-refractivity contribution in [1.82, 2.24) is 5.10 Å². The van der Waals surface area contributed by atoms with Crippen LogP contribution in [0.3, 0.4) is 0 Å². The second-order valence-electron chi connectivity index (χ2n) is 7.97. The molecule has 2 aromatic carbocycles. The molecule has 4 nitrogen and oxygen atoms in total. The predicted octanol–water partition coefficient (Wildman–Crippen LogP) is 6.48. The van der Waals surface area contributed by atoms with Crippen molar-refractivity contribution in [2.75, 3.05) is 0 Å². The number of aromatic amines is 1. The van der Waals surface area contributed by atoms with Gasteiger partial charge in [-0.3, -0.25) is 0 Å². The Morgan fingerprint density at radius 1 is 0.714 bits per heavy atom. The monoisotopic (exact) mass is 375 g/mol. The number of nitrogens with one attached hydrogen (secondary N) is 1. The Balaban J connectivity index is 2.13. The molecule has 3 rings (SSSR count). The third kappa shape index (κ3) is 3.28. The fourth-order valence-corrected chi connectivity index (χ4v) is 3.89. The molecule has 1 aromatic heterocycles. The van der Waals surface area contributed by atoms with Crippen LogP contribution in [0.25, 0.3) is 5.69 Å². The smallest absolute Gasteiger partial charge is 0.162 e. The van der Waals surface area contributed by atoms with Crippen LogP contribution in [-0.2, 0) is 0 Å². The molecular weight excluding hydrogens is 344 g/mol. The van der Waals surface area contributed by atoms with Crippen LogP contribution < -0.4 is 4.68 Å². The zero-order valence-corrected chi connectivity index (χ0v) is 18.6. The highest BCUT2D eigenvalue weighted by Crippen LogP contribution is 2.30. The molecule has 0 atom stereocenters. The minimum Gasteiger partial charge on any atom is -0.162 e. The quantitative estimate of drug-likeness (QED) is 0.402. The summed E-state index contributed by atoms with van der Waals surface area (Å²) < 4.78 is 2.16. The van der Waals surface area contributed by atoms with Crippen LogP contribution in [-0.4, -0.2) is 5.10 Å². The van der Waals surface area contributed by atoms with Gasteiger partial charge in [0, 0.05) is 18.1 Å². The second-order valence-corrected chi connectivity index (χ2v) is 7.97. The zero-order valence-electron chi connectivity index (χ0n) is 18.6. The van der Waals surface area contributed by atoms with E-state index in [2.05, 4.69) is 94.5 Å². The van der Waals surface area contributed by atoms with Crippen molar-refractivity contribution >= 4 is 11.4 Å². The second kappa shape index (κ2) is 7.34. The number of rotatable bonds is 3. The van der Waals surface area contributed by atoms with Gasteiger partial charge in [-0.15, -0.1) is 10.2 Å². The van der Waals surface area contributed by atoms with E-state index in [1.807, 2.05) is 6.07 Å². The number of aromatic nitrogens is 2. The van der Waals surface area contributed by atoms with Crippen LogP contribution in [0.1, 0.15) is 50.3 Å². The molecule has 0 fully saturated rings. The van der Waals surface area contributed by atoms with Crippen molar-refractivity contribution in [2.24, 2.45) is 10.2 Å². The molecule has 1 heterocycles. The van der Waals surface area contributed by atoms with Crippen LogP contribution in [0, 0.1) is 62.3 Å². The van der Waals surface area contributed by atoms with Crippen molar-refractivity contribution in [3.8, 4) is 5.69 Å². The first-order valence-corrected chi connectivity index (χ1v) is 9.81. The summed E-state index contributed by atoms with van der Waals surface area (Å²) in [5, 5.41) is 12.6. The van der Waals surface area contributed by atoms with E-state index in [0.29, 0.717) is 0 Å². The van der Waals surface area contributed by atoms with E-state index < -0.39 is 0 Å². The topological polar surface area (TPSA) is 44.4 Å². The number of hydrogen-bond donors (Lipinski definition) is 1. The predicted molar refractivity (Wildman–Crippen MR) is 116 cm³/mol. The van der Waals surface area contributed by atoms with Gasteiger partial charge in [0.2, 0.25) is 11.4 Å². The highest BCUT2D eigenvalue weighted by atomic mass is 15.3. The van der Waals surface area contributed by atoms with E-state index >= 15 is 0 Å². The summed E-state index contributed by atoms with van der Waals surface area (Å²) in [5.41, 5.74) is 14.1. The molecule has 0 aliphatic rings. The van der Waals surface area contributed by atoms with Gasteiger partial charge in [0.05, 0.1) is 5.69 Å². The Morgan fingerprint density at radius 2 is 1.29 bits per heavy atom. The molecule has 0 saturated carbocycles. The molecule has 0 unspecified atom stereocenters. The molecule has 0 amide bonds. The van der Waals surface area contributed by atoms with Gasteiger partial charge in [0.25, 0.3) is 0 Å². The fraction of sp³-hybridized carbons (Fsp3) is 0.375. The van der Waals surface area contributed by atoms with Crippen LogP contribution in [0.5, 0.6) is 0 Å². The maximum Gasteiger partial charge on any atom is 0.242 e. The lowest BCUT2D eigenvalue weighted by molar-refractivity contribution is -0.662. The average molecular weight is 376 g/mol. The molecule has 3 aromatic rings. The lowest BCUT2D eigenvalue weighted by Crippen LogP contribution is -2.38. The van der Waals surface area contributed by atoms with Gasteiger partial charge in [-0.05, 0) is 83.7 Å². The summed E-state index contributed by atoms with van der Waals surface area (Å²) in [7, 11) is 0. The van der Waals surface area contributed by atoms with E-state index in [4.69, 9.17) is 0 Å². The molecule has 0 radical (unpaired) electrons. The number of azo groups is 1. The average Bonchev–Trinajstić information content (AvgIpc) is 2.92. The largest absolute Gasteiger partial charge is 0.242 e. The third-order valence-electron chi connectivity index (χ3n) is 6.11. The number of nitrogens with zero attached hydrogens (tertiary/aromatic N) is 3. The molecule has 146 valence electrons. The van der Waals surface area contributed by atoms with Crippen LogP contribution in [0.2, 0.25) is 0 Å². The summed E-state index contributed by atoms with van der Waals surface area (Å²) in [4.78, 5) is 0. The van der Waals surface area contributed by atoms with Gasteiger partial charge in [-0.25, -0.2) is 0 Å². The minimum absolute atomic E-state index is 0.898. The van der Waals surface area contributed by atoms with Gasteiger partial charge in [0.1, 0.15) is 5.69 Å². The standard InChI is InChI=1S/C24H30N4/c1-13-10-11-22(14(2)12-13)25-26-23-20(8)27-28(21(23)9)24-18(6)16(4)15(3)17(5)19(24)7/h10-12H,1-9H3/p+1. The highest BCUT2D eigenvalue weighted by molar-refractivity contribution is 5.55. The molecule has 28 heavy (non-hydrogen) atoms. The van der Waals surface area contributed by atoms with Crippen molar-refractivity contribution in [1.29, 1.82) is 0 Å². The number of aryl methyl sites for hydroxylation is 3. The molecule has 0 spiro atoms. The molecular formula is C24H31N4+. The first-order valence-electron chi connectivity index (χ1n) is 9.81. The van der Waals surface area contributed by atoms with Gasteiger partial charge >= 0.3 is 0 Å². The zero-order chi connectivity index (χ0) is 20.7. The van der Waals surface area contributed by atoms with Gasteiger partial charge in [-0.1, -0.05) is 22.4 Å². The summed E-state index contributed by atoms with van der Waals surface area (Å²) in [6.45, 7) is 19.3. The van der Waals surface area contributed by atoms with Crippen molar-refractivity contribution in [2.45, 2.75) is 62.3 Å². The third-order valence-corrected chi connectivity index (χ3v) is 6.11. The van der Waals surface area contributed by atoms with Gasteiger partial charge in [-0.2, -0.15) is 5.10 Å². The van der Waals surface area contributed by atoms with E-state index in [-0.39, 0.29) is 0 Å². The lowest BCUT2D eigenvalue weighted by Gasteiger charge is -2.13.